The van der Waals surface area contributed by atoms with E-state index in [-0.39, 0.29) is 24.1 Å². The van der Waals surface area contributed by atoms with Crippen LogP contribution in [-0.2, 0) is 16.1 Å². The first-order valence-corrected chi connectivity index (χ1v) is 10.5. The Bertz CT molecular complexity index is 883. The van der Waals surface area contributed by atoms with Gasteiger partial charge < -0.3 is 9.64 Å². The third kappa shape index (κ3) is 4.39. The second kappa shape index (κ2) is 8.36. The number of rotatable bonds is 5. The minimum Gasteiger partial charge on any atom is -0.371 e. The van der Waals surface area contributed by atoms with Gasteiger partial charge in [0.15, 0.2) is 0 Å². The maximum Gasteiger partial charge on any atom is 0.267 e. The molecule has 2 aliphatic rings. The van der Waals surface area contributed by atoms with Crippen LogP contribution in [0.4, 0.5) is 10.9 Å². The van der Waals surface area contributed by atoms with Crippen molar-refractivity contribution in [2.45, 2.75) is 45.3 Å². The van der Waals surface area contributed by atoms with Crippen LogP contribution in [0.15, 0.2) is 16.9 Å². The van der Waals surface area contributed by atoms with Crippen LogP contribution in [0.2, 0.25) is 0 Å². The maximum absolute atomic E-state index is 12.4. The number of nitrogens with one attached hydrogen (secondary N) is 1. The van der Waals surface area contributed by atoms with Crippen LogP contribution >= 0.6 is 11.3 Å². The number of carbonyl (C=O) groups is 1. The number of ether oxygens (including phenoxy) is 1. The van der Waals surface area contributed by atoms with E-state index in [2.05, 4.69) is 32.4 Å². The Morgan fingerprint density at radius 3 is 2.86 bits per heavy atom. The quantitative estimate of drug-likeness (QED) is 0.811. The Balaban J connectivity index is 1.40. The maximum atomic E-state index is 12.4. The fourth-order valence-electron chi connectivity index (χ4n) is 3.44. The highest BCUT2D eigenvalue weighted by molar-refractivity contribution is 7.15. The van der Waals surface area contributed by atoms with Crippen LogP contribution in [0.3, 0.4) is 0 Å². The highest BCUT2D eigenvalue weighted by Gasteiger charge is 2.23. The molecule has 0 spiro atoms. The molecule has 0 saturated carbocycles. The zero-order valence-electron chi connectivity index (χ0n) is 15.8. The largest absolute Gasteiger partial charge is 0.371 e. The zero-order valence-corrected chi connectivity index (χ0v) is 16.7. The van der Waals surface area contributed by atoms with Gasteiger partial charge in [0.05, 0.1) is 0 Å². The molecule has 0 aromatic carbocycles. The Hall–Kier alpha value is -2.33. The van der Waals surface area contributed by atoms with Gasteiger partial charge in [0.25, 0.3) is 5.56 Å². The summed E-state index contributed by atoms with van der Waals surface area (Å²) in [5, 5.41) is 16.4. The van der Waals surface area contributed by atoms with Crippen molar-refractivity contribution in [3.63, 3.8) is 0 Å². The average Bonchev–Trinajstić information content (AvgIpc) is 3.36. The minimum atomic E-state index is -0.353. The highest BCUT2D eigenvalue weighted by atomic mass is 32.1. The van der Waals surface area contributed by atoms with Crippen molar-refractivity contribution < 1.29 is 9.53 Å². The molecule has 0 unspecified atom stereocenters. The molecular formula is C18H24N6O3S. The second-order valence-electron chi connectivity index (χ2n) is 7.35. The van der Waals surface area contributed by atoms with Crippen molar-refractivity contribution in [3.05, 3.63) is 27.5 Å². The summed E-state index contributed by atoms with van der Waals surface area (Å²) in [4.78, 5) is 26.7. The first-order chi connectivity index (χ1) is 13.6. The number of carbonyl (C=O) groups excluding carboxylic acids is 1. The molecule has 150 valence electrons. The number of hydrogen-bond acceptors (Lipinski definition) is 8. The molecule has 1 amide bonds. The summed E-state index contributed by atoms with van der Waals surface area (Å²) >= 11 is 1.30. The number of nitrogens with zero attached hydrogens (tertiary/aromatic N) is 5. The summed E-state index contributed by atoms with van der Waals surface area (Å²) in [6.07, 6.45) is 4.10. The van der Waals surface area contributed by atoms with Crippen molar-refractivity contribution in [2.75, 3.05) is 29.9 Å². The normalized spacial score (nSPS) is 20.5. The van der Waals surface area contributed by atoms with Gasteiger partial charge >= 0.3 is 0 Å². The number of aromatic nitrogens is 4. The number of anilines is 2. The monoisotopic (exact) mass is 404 g/mol. The molecule has 2 aromatic heterocycles. The molecule has 2 aliphatic heterocycles. The molecule has 0 aliphatic carbocycles. The molecule has 10 heteroatoms. The van der Waals surface area contributed by atoms with Gasteiger partial charge in [-0.1, -0.05) is 18.3 Å². The molecule has 2 aromatic rings. The smallest absolute Gasteiger partial charge is 0.267 e. The van der Waals surface area contributed by atoms with Gasteiger partial charge in [0.1, 0.15) is 23.5 Å². The van der Waals surface area contributed by atoms with Crippen molar-refractivity contribution in [3.8, 4) is 0 Å². The van der Waals surface area contributed by atoms with Crippen LogP contribution < -0.4 is 15.8 Å². The Kier molecular flexibility index (Phi) is 5.67. The summed E-state index contributed by atoms with van der Waals surface area (Å²) in [6, 6.07) is 3.19. The van der Waals surface area contributed by atoms with E-state index >= 15 is 0 Å². The summed E-state index contributed by atoms with van der Waals surface area (Å²) in [7, 11) is 0. The molecule has 4 rings (SSSR count). The van der Waals surface area contributed by atoms with Gasteiger partial charge in [-0.3, -0.25) is 14.9 Å². The van der Waals surface area contributed by atoms with Gasteiger partial charge in [-0.15, -0.1) is 10.2 Å². The van der Waals surface area contributed by atoms with E-state index in [4.69, 9.17) is 4.74 Å². The summed E-state index contributed by atoms with van der Waals surface area (Å²) < 4.78 is 6.78. The minimum absolute atomic E-state index is 0.0311. The SMILES string of the molecule is CC1CCN(c2ccc(=O)n(CC(=O)Nc3nnc([C@@H]4CCCO4)s3)n2)CC1. The fourth-order valence-corrected chi connectivity index (χ4v) is 4.28. The van der Waals surface area contributed by atoms with Gasteiger partial charge in [0.2, 0.25) is 11.0 Å². The Labute approximate surface area is 166 Å². The van der Waals surface area contributed by atoms with E-state index in [0.29, 0.717) is 11.0 Å². The number of hydrogen-bond donors (Lipinski definition) is 1. The number of amides is 1. The van der Waals surface area contributed by atoms with Crippen LogP contribution in [0.5, 0.6) is 0 Å². The van der Waals surface area contributed by atoms with E-state index in [1.807, 2.05) is 0 Å². The molecule has 0 radical (unpaired) electrons. The first kappa shape index (κ1) is 19.0. The van der Waals surface area contributed by atoms with Gasteiger partial charge in [-0.25, -0.2) is 4.68 Å². The third-order valence-electron chi connectivity index (χ3n) is 5.15. The molecule has 9 nitrogen and oxygen atoms in total. The molecule has 1 N–H and O–H groups in total. The molecule has 2 saturated heterocycles. The van der Waals surface area contributed by atoms with E-state index in [1.165, 1.54) is 22.1 Å². The van der Waals surface area contributed by atoms with E-state index in [0.717, 1.165) is 56.2 Å². The molecular weight excluding hydrogens is 380 g/mol. The second-order valence-corrected chi connectivity index (χ2v) is 8.36. The lowest BCUT2D eigenvalue weighted by molar-refractivity contribution is -0.117. The Morgan fingerprint density at radius 2 is 2.11 bits per heavy atom. The first-order valence-electron chi connectivity index (χ1n) is 9.66. The van der Waals surface area contributed by atoms with E-state index < -0.39 is 0 Å². The standard InChI is InChI=1S/C18H24N6O3S/c1-12-6-8-23(9-7-12)14-4-5-16(26)24(22-14)11-15(25)19-18-21-20-17(28-18)13-3-2-10-27-13/h4-5,12-13H,2-3,6-11H2,1H3,(H,19,21,25)/t13-/m0/s1. The number of piperidine rings is 1. The molecule has 2 fully saturated rings. The highest BCUT2D eigenvalue weighted by Crippen LogP contribution is 2.31. The average molecular weight is 404 g/mol. The topological polar surface area (TPSA) is 102 Å². The lowest BCUT2D eigenvalue weighted by Gasteiger charge is -2.31. The lowest BCUT2D eigenvalue weighted by Crippen LogP contribution is -2.36. The molecule has 4 heterocycles. The van der Waals surface area contributed by atoms with Crippen molar-refractivity contribution in [1.29, 1.82) is 0 Å². The van der Waals surface area contributed by atoms with Crippen molar-refractivity contribution >= 4 is 28.2 Å². The van der Waals surface area contributed by atoms with Crippen molar-refractivity contribution in [2.24, 2.45) is 5.92 Å². The third-order valence-corrected chi connectivity index (χ3v) is 6.08. The summed E-state index contributed by atoms with van der Waals surface area (Å²) in [5.41, 5.74) is -0.304. The molecule has 1 atom stereocenters. The summed E-state index contributed by atoms with van der Waals surface area (Å²) in [5.74, 6) is 1.09. The molecule has 28 heavy (non-hydrogen) atoms. The molecule has 0 bridgehead atoms. The van der Waals surface area contributed by atoms with Gasteiger partial charge in [-0.2, -0.15) is 5.10 Å². The zero-order chi connectivity index (χ0) is 19.5. The van der Waals surface area contributed by atoms with Crippen LogP contribution in [0.1, 0.15) is 43.7 Å². The fraction of sp³-hybridized carbons (Fsp3) is 0.611. The summed E-state index contributed by atoms with van der Waals surface area (Å²) in [6.45, 7) is 4.64. The van der Waals surface area contributed by atoms with E-state index in [1.54, 1.807) is 6.07 Å². The Morgan fingerprint density at radius 1 is 1.29 bits per heavy atom. The lowest BCUT2D eigenvalue weighted by atomic mass is 9.99. The van der Waals surface area contributed by atoms with Crippen LogP contribution in [0, 0.1) is 5.92 Å². The predicted octanol–water partition coefficient (Wildman–Crippen LogP) is 1.82. The predicted molar refractivity (Wildman–Crippen MR) is 106 cm³/mol. The van der Waals surface area contributed by atoms with Crippen molar-refractivity contribution in [1.82, 2.24) is 20.0 Å². The van der Waals surface area contributed by atoms with E-state index in [9.17, 15) is 9.59 Å². The van der Waals surface area contributed by atoms with Crippen LogP contribution in [-0.4, -0.2) is 45.6 Å². The van der Waals surface area contributed by atoms with Crippen LogP contribution in [0.25, 0.3) is 0 Å². The van der Waals surface area contributed by atoms with Gasteiger partial charge in [-0.05, 0) is 37.7 Å². The van der Waals surface area contributed by atoms with Gasteiger partial charge in [0, 0.05) is 25.8 Å².